The number of carbonyl (C=O) groups excluding carboxylic acids is 1. The lowest BCUT2D eigenvalue weighted by Crippen LogP contribution is -2.22. The van der Waals surface area contributed by atoms with Crippen molar-refractivity contribution in [3.8, 4) is 0 Å². The summed E-state index contributed by atoms with van der Waals surface area (Å²) in [6.45, 7) is 0. The first-order valence-corrected chi connectivity index (χ1v) is 7.19. The molecule has 1 amide bonds. The number of halogens is 1. The number of thiocarbonyl (C=S) groups is 1. The van der Waals surface area contributed by atoms with E-state index in [1.165, 1.54) is 16.7 Å². The lowest BCUT2D eigenvalue weighted by Gasteiger charge is -2.13. The molecule has 100 valence electrons. The molecule has 1 heterocycles. The highest BCUT2D eigenvalue weighted by atomic mass is 35.5. The van der Waals surface area contributed by atoms with Gasteiger partial charge in [0.15, 0.2) is 0 Å². The minimum atomic E-state index is -0.0808. The molecule has 0 unspecified atom stereocenters. The summed E-state index contributed by atoms with van der Waals surface area (Å²) in [5.41, 5.74) is 1.84. The molecule has 0 spiro atoms. The first-order chi connectivity index (χ1) is 8.90. The van der Waals surface area contributed by atoms with Gasteiger partial charge >= 0.3 is 0 Å². The summed E-state index contributed by atoms with van der Waals surface area (Å²) >= 11 is 12.6. The van der Waals surface area contributed by atoms with E-state index in [1.54, 1.807) is 13.1 Å². The fourth-order valence-electron chi connectivity index (χ4n) is 1.60. The Morgan fingerprint density at radius 1 is 1.42 bits per heavy atom. The van der Waals surface area contributed by atoms with E-state index in [-0.39, 0.29) is 5.91 Å². The van der Waals surface area contributed by atoms with Crippen LogP contribution in [0.1, 0.15) is 5.56 Å². The van der Waals surface area contributed by atoms with Crippen molar-refractivity contribution in [2.24, 2.45) is 0 Å². The number of hydrogen-bond acceptors (Lipinski definition) is 4. The van der Waals surface area contributed by atoms with Crippen molar-refractivity contribution in [1.29, 1.82) is 0 Å². The van der Waals surface area contributed by atoms with Crippen molar-refractivity contribution in [2.45, 2.75) is 0 Å². The Hall–Kier alpha value is -1.04. The van der Waals surface area contributed by atoms with Crippen LogP contribution in [0.2, 0.25) is 5.02 Å². The lowest BCUT2D eigenvalue weighted by atomic mass is 10.2. The molecular formula is C13H13ClN2OS2. The maximum atomic E-state index is 11.9. The molecule has 0 radical (unpaired) electrons. The van der Waals surface area contributed by atoms with Gasteiger partial charge in [-0.2, -0.15) is 0 Å². The van der Waals surface area contributed by atoms with Crippen molar-refractivity contribution in [3.05, 3.63) is 33.7 Å². The van der Waals surface area contributed by atoms with E-state index < -0.39 is 0 Å². The van der Waals surface area contributed by atoms with Gasteiger partial charge in [0.25, 0.3) is 5.91 Å². The van der Waals surface area contributed by atoms with Gasteiger partial charge in [0, 0.05) is 31.9 Å². The molecule has 1 fully saturated rings. The topological polar surface area (TPSA) is 23.6 Å². The Kier molecular flexibility index (Phi) is 4.18. The van der Waals surface area contributed by atoms with Crippen LogP contribution in [-0.2, 0) is 4.79 Å². The van der Waals surface area contributed by atoms with Gasteiger partial charge in [-0.05, 0) is 23.8 Å². The fraction of sp³-hybridized carbons (Fsp3) is 0.231. The van der Waals surface area contributed by atoms with Gasteiger partial charge in [0.05, 0.1) is 4.91 Å². The van der Waals surface area contributed by atoms with Gasteiger partial charge in [0.1, 0.15) is 4.32 Å². The molecule has 0 N–H and O–H groups in total. The quantitative estimate of drug-likeness (QED) is 0.618. The Balaban J connectivity index is 2.34. The monoisotopic (exact) mass is 312 g/mol. The summed E-state index contributed by atoms with van der Waals surface area (Å²) in [5.74, 6) is -0.0808. The largest absolute Gasteiger partial charge is 0.378 e. The number of amides is 1. The zero-order valence-corrected chi connectivity index (χ0v) is 13.2. The maximum absolute atomic E-state index is 11.9. The number of rotatable bonds is 2. The van der Waals surface area contributed by atoms with Gasteiger partial charge in [-0.1, -0.05) is 41.6 Å². The van der Waals surface area contributed by atoms with Gasteiger partial charge < -0.3 is 4.90 Å². The van der Waals surface area contributed by atoms with Gasteiger partial charge in [-0.3, -0.25) is 9.69 Å². The van der Waals surface area contributed by atoms with Crippen LogP contribution in [0.3, 0.4) is 0 Å². The highest BCUT2D eigenvalue weighted by Crippen LogP contribution is 2.33. The van der Waals surface area contributed by atoms with E-state index >= 15 is 0 Å². The second-order valence-corrected chi connectivity index (χ2v) is 6.42. The summed E-state index contributed by atoms with van der Waals surface area (Å²) < 4.78 is 0.567. The molecule has 1 saturated heterocycles. The molecule has 0 aromatic heterocycles. The molecule has 6 heteroatoms. The predicted molar refractivity (Wildman–Crippen MR) is 86.7 cm³/mol. The number of likely N-dealkylation sites (N-methyl/N-ethyl adjacent to an activating group) is 1. The number of carbonyl (C=O) groups is 1. The van der Waals surface area contributed by atoms with E-state index in [2.05, 4.69) is 0 Å². The van der Waals surface area contributed by atoms with Crippen LogP contribution < -0.4 is 4.90 Å². The molecular weight excluding hydrogens is 300 g/mol. The molecule has 3 nitrogen and oxygen atoms in total. The van der Waals surface area contributed by atoms with Crippen molar-refractivity contribution in [1.82, 2.24) is 4.90 Å². The van der Waals surface area contributed by atoms with Crippen molar-refractivity contribution >= 4 is 57.6 Å². The van der Waals surface area contributed by atoms with Crippen LogP contribution in [0, 0.1) is 0 Å². The molecule has 1 aromatic rings. The van der Waals surface area contributed by atoms with Crippen LogP contribution >= 0.6 is 35.6 Å². The maximum Gasteiger partial charge on any atom is 0.265 e. The van der Waals surface area contributed by atoms with E-state index in [0.717, 1.165) is 11.3 Å². The van der Waals surface area contributed by atoms with Crippen LogP contribution in [0.4, 0.5) is 5.69 Å². The summed E-state index contributed by atoms with van der Waals surface area (Å²) in [6.07, 6.45) is 1.78. The van der Waals surface area contributed by atoms with Crippen molar-refractivity contribution < 1.29 is 4.79 Å². The molecule has 0 bridgehead atoms. The van der Waals surface area contributed by atoms with E-state index in [0.29, 0.717) is 14.2 Å². The molecule has 0 aliphatic carbocycles. The summed E-state index contributed by atoms with van der Waals surface area (Å²) in [6, 6.07) is 5.74. The zero-order chi connectivity index (χ0) is 14.2. The number of anilines is 1. The second-order valence-electron chi connectivity index (χ2n) is 4.34. The number of nitrogens with zero attached hydrogens (tertiary/aromatic N) is 2. The summed E-state index contributed by atoms with van der Waals surface area (Å²) in [4.78, 5) is 15.9. The Labute approximate surface area is 127 Å². The number of thioether (sulfide) groups is 1. The van der Waals surface area contributed by atoms with Crippen LogP contribution in [0.15, 0.2) is 23.1 Å². The first-order valence-electron chi connectivity index (χ1n) is 5.58. The Bertz CT molecular complexity index is 584. The zero-order valence-electron chi connectivity index (χ0n) is 10.8. The van der Waals surface area contributed by atoms with Gasteiger partial charge in [-0.15, -0.1) is 0 Å². The average Bonchev–Trinajstić information content (AvgIpc) is 2.59. The van der Waals surface area contributed by atoms with Crippen molar-refractivity contribution in [3.63, 3.8) is 0 Å². The minimum Gasteiger partial charge on any atom is -0.378 e. The third-order valence-corrected chi connectivity index (χ3v) is 4.59. The molecule has 1 aromatic carbocycles. The number of hydrogen-bond donors (Lipinski definition) is 0. The van der Waals surface area contributed by atoms with Crippen LogP contribution in [0.5, 0.6) is 0 Å². The molecule has 19 heavy (non-hydrogen) atoms. The third-order valence-electron chi connectivity index (χ3n) is 2.77. The summed E-state index contributed by atoms with van der Waals surface area (Å²) in [7, 11) is 5.58. The smallest absolute Gasteiger partial charge is 0.265 e. The highest BCUT2D eigenvalue weighted by molar-refractivity contribution is 8.26. The fourth-order valence-corrected chi connectivity index (χ4v) is 3.00. The molecule has 1 aliphatic rings. The Morgan fingerprint density at radius 2 is 2.11 bits per heavy atom. The van der Waals surface area contributed by atoms with E-state index in [4.69, 9.17) is 23.8 Å². The van der Waals surface area contributed by atoms with Crippen LogP contribution in [-0.4, -0.2) is 36.3 Å². The number of benzene rings is 1. The molecule has 2 rings (SSSR count). The standard InChI is InChI=1S/C13H13ClN2OS2/c1-15(2)9-5-4-8(10(14)7-9)6-11-12(17)16(3)13(18)19-11/h4-7H,1-3H3/b11-6+. The minimum absolute atomic E-state index is 0.0808. The summed E-state index contributed by atoms with van der Waals surface area (Å²) in [5, 5.41) is 0.618. The SMILES string of the molecule is CN1C(=O)/C(=C\c2ccc(N(C)C)cc2Cl)SC1=S. The third kappa shape index (κ3) is 2.94. The average molecular weight is 313 g/mol. The van der Waals surface area contributed by atoms with E-state index in [1.807, 2.05) is 37.2 Å². The van der Waals surface area contributed by atoms with Crippen LogP contribution in [0.25, 0.3) is 6.08 Å². The lowest BCUT2D eigenvalue weighted by molar-refractivity contribution is -0.121. The normalized spacial score (nSPS) is 17.5. The van der Waals surface area contributed by atoms with Crippen molar-refractivity contribution in [2.75, 3.05) is 26.0 Å². The predicted octanol–water partition coefficient (Wildman–Crippen LogP) is 3.24. The molecule has 0 atom stereocenters. The second kappa shape index (κ2) is 5.53. The van der Waals surface area contributed by atoms with E-state index in [9.17, 15) is 4.79 Å². The highest BCUT2D eigenvalue weighted by Gasteiger charge is 2.28. The Morgan fingerprint density at radius 3 is 2.58 bits per heavy atom. The van der Waals surface area contributed by atoms with Gasteiger partial charge in [0.2, 0.25) is 0 Å². The first kappa shape index (κ1) is 14.4. The van der Waals surface area contributed by atoms with Gasteiger partial charge in [-0.25, -0.2) is 0 Å². The molecule has 0 saturated carbocycles. The molecule has 1 aliphatic heterocycles.